The average molecular weight is 136 g/mol. The van der Waals surface area contributed by atoms with E-state index in [0.717, 1.165) is 10.3 Å². The van der Waals surface area contributed by atoms with E-state index in [4.69, 9.17) is 0 Å². The van der Waals surface area contributed by atoms with E-state index in [2.05, 4.69) is 20.5 Å². The molecule has 0 bridgehead atoms. The van der Waals surface area contributed by atoms with Gasteiger partial charge in [-0.15, -0.1) is 0 Å². The lowest BCUT2D eigenvalue weighted by atomic mass is 10.6. The third kappa shape index (κ3) is 0.675. The van der Waals surface area contributed by atoms with Crippen LogP contribution in [0.5, 0.6) is 0 Å². The molecule has 0 atom stereocenters. The van der Waals surface area contributed by atoms with E-state index in [1.807, 2.05) is 0 Å². The Morgan fingerprint density at radius 2 is 2.56 bits per heavy atom. The minimum absolute atomic E-state index is 0.822. The molecule has 3 nitrogen and oxygen atoms in total. The predicted molar refractivity (Wildman–Crippen MR) is 34.0 cm³/mol. The number of aromatic nitrogens is 3. The number of hydrogen-bond donors (Lipinski definition) is 0. The van der Waals surface area contributed by atoms with Crippen LogP contribution in [0.15, 0.2) is 12.5 Å². The maximum Gasteiger partial charge on any atom is 0.155 e. The lowest BCUT2D eigenvalue weighted by Gasteiger charge is -1.79. The summed E-state index contributed by atoms with van der Waals surface area (Å²) < 4.78 is 0. The monoisotopic (exact) mass is 136 g/mol. The van der Waals surface area contributed by atoms with E-state index >= 15 is 0 Å². The summed E-state index contributed by atoms with van der Waals surface area (Å²) in [5.41, 5.74) is 3.55. The highest BCUT2D eigenvalue weighted by atomic mass is 32.1. The van der Waals surface area contributed by atoms with Gasteiger partial charge in [0.25, 0.3) is 0 Å². The normalized spacial score (nSPS) is 10.2. The molecule has 2 rings (SSSR count). The molecule has 4 heteroatoms. The predicted octanol–water partition coefficient (Wildman–Crippen LogP) is 0.886. The molecule has 0 saturated carbocycles. The Kier molecular flexibility index (Phi) is 0.927. The molecule has 2 aromatic rings. The summed E-state index contributed by atoms with van der Waals surface area (Å²) >= 11 is 1.40. The van der Waals surface area contributed by atoms with Gasteiger partial charge < -0.3 is 0 Å². The van der Waals surface area contributed by atoms with Crippen molar-refractivity contribution in [2.45, 2.75) is 0 Å². The quantitative estimate of drug-likeness (QED) is 0.539. The molecule has 2 heterocycles. The fourth-order valence-electron chi connectivity index (χ4n) is 0.582. The first-order valence-corrected chi connectivity index (χ1v) is 3.21. The molecule has 0 aliphatic rings. The molecular weight excluding hydrogens is 134 g/mol. The lowest BCUT2D eigenvalue weighted by molar-refractivity contribution is 1.22. The van der Waals surface area contributed by atoms with E-state index in [9.17, 15) is 0 Å². The molecule has 0 amide bonds. The molecule has 9 heavy (non-hydrogen) atoms. The Morgan fingerprint density at radius 3 is 3.44 bits per heavy atom. The van der Waals surface area contributed by atoms with Gasteiger partial charge in [0.2, 0.25) is 0 Å². The van der Waals surface area contributed by atoms with Gasteiger partial charge in [0, 0.05) is 0 Å². The largest absolute Gasteiger partial charge is 0.242 e. The summed E-state index contributed by atoms with van der Waals surface area (Å²) in [6.07, 6.45) is 3.18. The Hall–Kier alpha value is -1.03. The smallest absolute Gasteiger partial charge is 0.155 e. The van der Waals surface area contributed by atoms with E-state index < -0.39 is 0 Å². The fraction of sp³-hybridized carbons (Fsp3) is 0. The highest BCUT2D eigenvalue weighted by Crippen LogP contribution is 2.10. The van der Waals surface area contributed by atoms with Crippen molar-refractivity contribution in [1.29, 1.82) is 0 Å². The molecule has 0 saturated heterocycles. The van der Waals surface area contributed by atoms with E-state index in [1.165, 1.54) is 17.7 Å². The number of fused-ring (bicyclic) bond motifs is 1. The standard InChI is InChI=1S/C5H2N3S/c1-4-5(7-2-6-1)9-3-8-4/h1-2H. The van der Waals surface area contributed by atoms with Crippen molar-refractivity contribution < 1.29 is 0 Å². The second-order valence-electron chi connectivity index (χ2n) is 1.52. The van der Waals surface area contributed by atoms with Gasteiger partial charge >= 0.3 is 0 Å². The second kappa shape index (κ2) is 1.73. The van der Waals surface area contributed by atoms with Crippen molar-refractivity contribution in [2.24, 2.45) is 0 Å². The minimum atomic E-state index is 0.822. The first-order chi connectivity index (χ1) is 4.47. The van der Waals surface area contributed by atoms with Gasteiger partial charge in [0.1, 0.15) is 16.7 Å². The molecule has 0 aliphatic carbocycles. The van der Waals surface area contributed by atoms with Gasteiger partial charge in [-0.25, -0.2) is 15.0 Å². The Labute approximate surface area is 55.4 Å². The molecule has 0 spiro atoms. The maximum absolute atomic E-state index is 3.95. The molecule has 2 aromatic heterocycles. The van der Waals surface area contributed by atoms with Crippen molar-refractivity contribution in [1.82, 2.24) is 15.0 Å². The Bertz CT molecular complexity index is 286. The lowest BCUT2D eigenvalue weighted by Crippen LogP contribution is -1.74. The van der Waals surface area contributed by atoms with Crippen LogP contribution in [-0.2, 0) is 0 Å². The van der Waals surface area contributed by atoms with Crippen molar-refractivity contribution in [3.8, 4) is 0 Å². The van der Waals surface area contributed by atoms with Crippen LogP contribution in [0.25, 0.3) is 10.3 Å². The van der Waals surface area contributed by atoms with Crippen molar-refractivity contribution >= 4 is 21.7 Å². The van der Waals surface area contributed by atoms with Gasteiger partial charge in [-0.05, 0) is 0 Å². The number of nitrogens with zero attached hydrogens (tertiary/aromatic N) is 3. The van der Waals surface area contributed by atoms with Crippen molar-refractivity contribution in [3.63, 3.8) is 0 Å². The molecule has 0 aromatic carbocycles. The van der Waals surface area contributed by atoms with Gasteiger partial charge in [-0.1, -0.05) is 11.3 Å². The highest BCUT2D eigenvalue weighted by molar-refractivity contribution is 7.15. The summed E-state index contributed by atoms with van der Waals surface area (Å²) in [5, 5.41) is 0. The Balaban J connectivity index is 2.95. The van der Waals surface area contributed by atoms with Crippen molar-refractivity contribution in [3.05, 3.63) is 18.0 Å². The summed E-state index contributed by atoms with van der Waals surface area (Å²) in [5.74, 6) is 0. The topological polar surface area (TPSA) is 38.7 Å². The fourth-order valence-corrected chi connectivity index (χ4v) is 1.11. The van der Waals surface area contributed by atoms with Crippen LogP contribution in [0, 0.1) is 5.51 Å². The molecule has 0 aliphatic heterocycles. The molecule has 0 fully saturated rings. The zero-order valence-corrected chi connectivity index (χ0v) is 5.22. The van der Waals surface area contributed by atoms with Crippen LogP contribution in [0.4, 0.5) is 0 Å². The zero-order chi connectivity index (χ0) is 6.10. The van der Waals surface area contributed by atoms with Crippen LogP contribution in [0.1, 0.15) is 0 Å². The third-order valence-corrected chi connectivity index (χ3v) is 1.66. The van der Waals surface area contributed by atoms with Gasteiger partial charge in [0.05, 0.1) is 6.20 Å². The highest BCUT2D eigenvalue weighted by Gasteiger charge is 1.93. The molecule has 0 unspecified atom stereocenters. The van der Waals surface area contributed by atoms with Crippen LogP contribution >= 0.6 is 11.3 Å². The average Bonchev–Trinajstić information content (AvgIpc) is 2.33. The van der Waals surface area contributed by atoms with E-state index in [0.29, 0.717) is 0 Å². The number of rotatable bonds is 0. The van der Waals surface area contributed by atoms with Crippen LogP contribution in [0.2, 0.25) is 0 Å². The molecular formula is C5H2N3S. The summed E-state index contributed by atoms with van der Waals surface area (Å²) in [6, 6.07) is 0. The number of thiazole rings is 1. The minimum Gasteiger partial charge on any atom is -0.242 e. The van der Waals surface area contributed by atoms with Crippen LogP contribution < -0.4 is 0 Å². The van der Waals surface area contributed by atoms with Gasteiger partial charge in [-0.2, -0.15) is 0 Å². The van der Waals surface area contributed by atoms with E-state index in [-0.39, 0.29) is 0 Å². The van der Waals surface area contributed by atoms with Gasteiger partial charge in [-0.3, -0.25) is 0 Å². The molecule has 1 radical (unpaired) electrons. The second-order valence-corrected chi connectivity index (χ2v) is 2.29. The van der Waals surface area contributed by atoms with Crippen LogP contribution in [0.3, 0.4) is 0 Å². The molecule has 43 valence electrons. The maximum atomic E-state index is 3.95. The molecule has 0 N–H and O–H groups in total. The summed E-state index contributed by atoms with van der Waals surface area (Å²) in [4.78, 5) is 12.5. The SMILES string of the molecule is [c]1nc2cncnc2s1. The van der Waals surface area contributed by atoms with Crippen LogP contribution in [-0.4, -0.2) is 15.0 Å². The number of hydrogen-bond acceptors (Lipinski definition) is 4. The van der Waals surface area contributed by atoms with Crippen molar-refractivity contribution in [2.75, 3.05) is 0 Å². The Morgan fingerprint density at radius 1 is 1.56 bits per heavy atom. The van der Waals surface area contributed by atoms with Gasteiger partial charge in [0.15, 0.2) is 5.51 Å². The zero-order valence-electron chi connectivity index (χ0n) is 4.40. The third-order valence-electron chi connectivity index (χ3n) is 0.966. The summed E-state index contributed by atoms with van der Waals surface area (Å²) in [7, 11) is 0. The summed E-state index contributed by atoms with van der Waals surface area (Å²) in [6.45, 7) is 0. The first kappa shape index (κ1) is 4.81. The first-order valence-electron chi connectivity index (χ1n) is 2.39. The van der Waals surface area contributed by atoms with E-state index in [1.54, 1.807) is 6.20 Å².